The molecule has 2 saturated heterocycles. The van der Waals surface area contributed by atoms with Gasteiger partial charge in [0.05, 0.1) is 6.10 Å². The molecule has 4 rings (SSSR count). The third kappa shape index (κ3) is 1.04. The Labute approximate surface area is 77.9 Å². The first-order valence-electron chi connectivity index (χ1n) is 5.12. The molecular formula is C10H16OS. The largest absolute Gasteiger partial charge is 0.392 e. The zero-order chi connectivity index (χ0) is 8.13. The molecule has 12 heavy (non-hydrogen) atoms. The van der Waals surface area contributed by atoms with E-state index in [4.69, 9.17) is 0 Å². The molecule has 0 spiro atoms. The Morgan fingerprint density at radius 3 is 2.75 bits per heavy atom. The quantitative estimate of drug-likeness (QED) is 0.620. The molecule has 1 nitrogen and oxygen atoms in total. The normalized spacial score (nSPS) is 57.2. The van der Waals surface area contributed by atoms with E-state index in [2.05, 4.69) is 0 Å². The first-order chi connectivity index (χ1) is 5.83. The van der Waals surface area contributed by atoms with Crippen LogP contribution in [0, 0.1) is 17.8 Å². The molecule has 0 radical (unpaired) electrons. The fourth-order valence-electron chi connectivity index (χ4n) is 3.42. The van der Waals surface area contributed by atoms with E-state index in [-0.39, 0.29) is 6.10 Å². The van der Waals surface area contributed by atoms with Crippen molar-refractivity contribution in [3.8, 4) is 0 Å². The van der Waals surface area contributed by atoms with Crippen LogP contribution < -0.4 is 0 Å². The second kappa shape index (κ2) is 2.65. The second-order valence-corrected chi connectivity index (χ2v) is 6.07. The molecule has 0 amide bonds. The summed E-state index contributed by atoms with van der Waals surface area (Å²) in [7, 11) is 0. The van der Waals surface area contributed by atoms with E-state index < -0.39 is 0 Å². The van der Waals surface area contributed by atoms with Crippen molar-refractivity contribution in [2.24, 2.45) is 17.8 Å². The molecule has 4 aliphatic rings. The van der Waals surface area contributed by atoms with Crippen LogP contribution in [0.4, 0.5) is 0 Å². The highest BCUT2D eigenvalue weighted by atomic mass is 32.2. The zero-order valence-corrected chi connectivity index (χ0v) is 8.09. The average Bonchev–Trinajstić information content (AvgIpc) is 2.27. The lowest BCUT2D eigenvalue weighted by molar-refractivity contribution is 0.0181. The number of hydrogen-bond acceptors (Lipinski definition) is 2. The van der Waals surface area contributed by atoms with Crippen molar-refractivity contribution < 1.29 is 5.11 Å². The third-order valence-electron chi connectivity index (χ3n) is 3.91. The van der Waals surface area contributed by atoms with Gasteiger partial charge < -0.3 is 5.11 Å². The van der Waals surface area contributed by atoms with Gasteiger partial charge in [0.15, 0.2) is 0 Å². The number of hydrogen-bond donors (Lipinski definition) is 1. The molecule has 0 aromatic rings. The van der Waals surface area contributed by atoms with Gasteiger partial charge in [0, 0.05) is 5.25 Å². The highest BCUT2D eigenvalue weighted by molar-refractivity contribution is 8.00. The monoisotopic (exact) mass is 184 g/mol. The molecule has 0 aromatic carbocycles. The van der Waals surface area contributed by atoms with Gasteiger partial charge >= 0.3 is 0 Å². The fourth-order valence-corrected chi connectivity index (χ4v) is 5.04. The molecule has 4 bridgehead atoms. The molecule has 2 heterocycles. The summed E-state index contributed by atoms with van der Waals surface area (Å²) in [6.07, 6.45) is 5.46. The van der Waals surface area contributed by atoms with Crippen molar-refractivity contribution in [2.45, 2.75) is 37.0 Å². The van der Waals surface area contributed by atoms with Crippen LogP contribution in [0.2, 0.25) is 0 Å². The molecule has 2 saturated carbocycles. The summed E-state index contributed by atoms with van der Waals surface area (Å²) in [5.74, 6) is 3.91. The molecule has 2 heteroatoms. The van der Waals surface area contributed by atoms with Crippen LogP contribution >= 0.6 is 11.8 Å². The van der Waals surface area contributed by atoms with Gasteiger partial charge in [-0.1, -0.05) is 0 Å². The molecule has 1 N–H and O–H groups in total. The van der Waals surface area contributed by atoms with Gasteiger partial charge in [-0.15, -0.1) is 0 Å². The molecule has 5 unspecified atom stereocenters. The standard InChI is InChI=1S/C10H16OS/c11-10-8-2-6-1-7(3-8)5-12-9(10)4-6/h6-11H,1-5H2. The first-order valence-corrected chi connectivity index (χ1v) is 6.17. The molecule has 2 aliphatic carbocycles. The van der Waals surface area contributed by atoms with Gasteiger partial charge in [0.1, 0.15) is 0 Å². The topological polar surface area (TPSA) is 20.2 Å². The van der Waals surface area contributed by atoms with Gasteiger partial charge in [-0.3, -0.25) is 0 Å². The number of aliphatic hydroxyl groups is 1. The summed E-state index contributed by atoms with van der Waals surface area (Å²) in [5, 5.41) is 10.6. The molecular weight excluding hydrogens is 168 g/mol. The summed E-state index contributed by atoms with van der Waals surface area (Å²) >= 11 is 2.05. The molecule has 68 valence electrons. The average molecular weight is 184 g/mol. The maximum atomic E-state index is 9.99. The zero-order valence-electron chi connectivity index (χ0n) is 7.28. The Morgan fingerprint density at radius 1 is 1.00 bits per heavy atom. The Morgan fingerprint density at radius 2 is 1.83 bits per heavy atom. The summed E-state index contributed by atoms with van der Waals surface area (Å²) < 4.78 is 0. The summed E-state index contributed by atoms with van der Waals surface area (Å²) in [6.45, 7) is 0. The van der Waals surface area contributed by atoms with Gasteiger partial charge in [-0.25, -0.2) is 0 Å². The Hall–Kier alpha value is 0.310. The predicted octanol–water partition coefficient (Wildman–Crippen LogP) is 1.90. The van der Waals surface area contributed by atoms with Gasteiger partial charge in [0.25, 0.3) is 0 Å². The Kier molecular flexibility index (Phi) is 1.70. The van der Waals surface area contributed by atoms with E-state index in [1.165, 1.54) is 31.4 Å². The number of fused-ring (bicyclic) bond motifs is 1. The fraction of sp³-hybridized carbons (Fsp3) is 1.00. The van der Waals surface area contributed by atoms with Crippen molar-refractivity contribution in [2.75, 3.05) is 5.75 Å². The minimum atomic E-state index is 0.0385. The van der Waals surface area contributed by atoms with Crippen LogP contribution in [0.15, 0.2) is 0 Å². The van der Waals surface area contributed by atoms with Crippen LogP contribution in [-0.2, 0) is 0 Å². The maximum Gasteiger partial charge on any atom is 0.0687 e. The van der Waals surface area contributed by atoms with Gasteiger partial charge in [-0.05, 0) is 49.2 Å². The van der Waals surface area contributed by atoms with Crippen molar-refractivity contribution in [1.29, 1.82) is 0 Å². The molecule has 2 aliphatic heterocycles. The van der Waals surface area contributed by atoms with E-state index >= 15 is 0 Å². The number of thioether (sulfide) groups is 1. The van der Waals surface area contributed by atoms with Gasteiger partial charge in [0.2, 0.25) is 0 Å². The van der Waals surface area contributed by atoms with Crippen LogP contribution in [0.25, 0.3) is 0 Å². The lowest BCUT2D eigenvalue weighted by Gasteiger charge is -2.41. The summed E-state index contributed by atoms with van der Waals surface area (Å²) in [6, 6.07) is 0. The second-order valence-electron chi connectivity index (χ2n) is 4.80. The molecule has 0 aromatic heterocycles. The minimum absolute atomic E-state index is 0.0385. The van der Waals surface area contributed by atoms with E-state index in [9.17, 15) is 5.11 Å². The van der Waals surface area contributed by atoms with E-state index in [1.807, 2.05) is 11.8 Å². The minimum Gasteiger partial charge on any atom is -0.392 e. The van der Waals surface area contributed by atoms with E-state index in [1.54, 1.807) is 0 Å². The van der Waals surface area contributed by atoms with Gasteiger partial charge in [-0.2, -0.15) is 11.8 Å². The summed E-state index contributed by atoms with van der Waals surface area (Å²) in [4.78, 5) is 0. The van der Waals surface area contributed by atoms with Crippen molar-refractivity contribution in [3.63, 3.8) is 0 Å². The number of aliphatic hydroxyl groups excluding tert-OH is 1. The van der Waals surface area contributed by atoms with E-state index in [0.717, 1.165) is 11.8 Å². The smallest absolute Gasteiger partial charge is 0.0687 e. The number of rotatable bonds is 0. The lowest BCUT2D eigenvalue weighted by Crippen LogP contribution is -2.40. The highest BCUT2D eigenvalue weighted by Crippen LogP contribution is 2.50. The van der Waals surface area contributed by atoms with Crippen molar-refractivity contribution in [1.82, 2.24) is 0 Å². The van der Waals surface area contributed by atoms with Crippen LogP contribution in [0.1, 0.15) is 25.7 Å². The Bertz CT molecular complexity index is 186. The molecule has 5 atom stereocenters. The van der Waals surface area contributed by atoms with Crippen molar-refractivity contribution in [3.05, 3.63) is 0 Å². The van der Waals surface area contributed by atoms with Crippen LogP contribution in [0.5, 0.6) is 0 Å². The highest BCUT2D eigenvalue weighted by Gasteiger charge is 2.44. The third-order valence-corrected chi connectivity index (χ3v) is 5.48. The van der Waals surface area contributed by atoms with Crippen LogP contribution in [0.3, 0.4) is 0 Å². The SMILES string of the molecule is OC1C2CC3CSC1CC(C3)C2. The Balaban J connectivity index is 1.92. The lowest BCUT2D eigenvalue weighted by atomic mass is 9.67. The predicted molar refractivity (Wildman–Crippen MR) is 51.2 cm³/mol. The first kappa shape index (κ1) is 7.69. The maximum absolute atomic E-state index is 9.99. The summed E-state index contributed by atoms with van der Waals surface area (Å²) in [5.41, 5.74) is 0. The van der Waals surface area contributed by atoms with E-state index in [0.29, 0.717) is 11.2 Å². The molecule has 4 fully saturated rings. The van der Waals surface area contributed by atoms with Crippen LogP contribution in [-0.4, -0.2) is 22.2 Å². The van der Waals surface area contributed by atoms with Crippen molar-refractivity contribution >= 4 is 11.8 Å².